The van der Waals surface area contributed by atoms with E-state index < -0.39 is 5.82 Å². The summed E-state index contributed by atoms with van der Waals surface area (Å²) < 4.78 is 13.2. The van der Waals surface area contributed by atoms with Crippen LogP contribution in [0.3, 0.4) is 0 Å². The van der Waals surface area contributed by atoms with Gasteiger partial charge in [-0.15, -0.1) is 24.0 Å². The molecule has 0 radical (unpaired) electrons. The Bertz CT molecular complexity index is 469. The minimum Gasteiger partial charge on any atom is -0.505 e. The van der Waals surface area contributed by atoms with Crippen LogP contribution in [0, 0.1) is 5.82 Å². The van der Waals surface area contributed by atoms with Crippen LogP contribution in [0.5, 0.6) is 5.75 Å². The number of nitrogens with zero attached hydrogens (tertiary/aromatic N) is 1. The number of hydrogen-bond acceptors (Lipinski definition) is 2. The first-order valence-corrected chi connectivity index (χ1v) is 7.51. The third-order valence-electron chi connectivity index (χ3n) is 3.32. The number of phenols is 1. The lowest BCUT2D eigenvalue weighted by Crippen LogP contribution is -2.41. The highest BCUT2D eigenvalue weighted by Gasteiger charge is 2.06. The smallest absolute Gasteiger partial charge is 0.191 e. The van der Waals surface area contributed by atoms with Crippen LogP contribution in [0.25, 0.3) is 0 Å². The van der Waals surface area contributed by atoms with Crippen molar-refractivity contribution in [3.05, 3.63) is 29.6 Å². The van der Waals surface area contributed by atoms with Crippen molar-refractivity contribution in [2.45, 2.75) is 52.1 Å². The third-order valence-corrected chi connectivity index (χ3v) is 3.32. The summed E-state index contributed by atoms with van der Waals surface area (Å²) in [6, 6.07) is 4.71. The molecular weight excluding hydrogens is 396 g/mol. The molecule has 0 bridgehead atoms. The van der Waals surface area contributed by atoms with Crippen LogP contribution < -0.4 is 10.6 Å². The maximum atomic E-state index is 13.2. The van der Waals surface area contributed by atoms with Crippen LogP contribution in [0.1, 0.15) is 45.1 Å². The van der Waals surface area contributed by atoms with Crippen molar-refractivity contribution in [1.82, 2.24) is 10.6 Å². The molecule has 126 valence electrons. The molecule has 0 aliphatic carbocycles. The summed E-state index contributed by atoms with van der Waals surface area (Å²) in [5.74, 6) is -0.233. The lowest BCUT2D eigenvalue weighted by Gasteiger charge is -2.18. The summed E-state index contributed by atoms with van der Waals surface area (Å²) in [7, 11) is 1.71. The van der Waals surface area contributed by atoms with Crippen LogP contribution >= 0.6 is 24.0 Å². The quantitative estimate of drug-likeness (QED) is 0.271. The molecule has 0 heterocycles. The van der Waals surface area contributed by atoms with Gasteiger partial charge in [0.05, 0.1) is 0 Å². The molecular formula is C16H27FIN3O. The van der Waals surface area contributed by atoms with Gasteiger partial charge in [-0.05, 0) is 31.0 Å². The maximum absolute atomic E-state index is 13.2. The number of benzene rings is 1. The van der Waals surface area contributed by atoms with Gasteiger partial charge in [-0.1, -0.05) is 32.3 Å². The van der Waals surface area contributed by atoms with Crippen molar-refractivity contribution in [2.75, 3.05) is 7.05 Å². The van der Waals surface area contributed by atoms with Gasteiger partial charge in [0, 0.05) is 19.6 Å². The van der Waals surface area contributed by atoms with Gasteiger partial charge >= 0.3 is 0 Å². The molecule has 0 amide bonds. The Morgan fingerprint density at radius 3 is 2.68 bits per heavy atom. The molecule has 0 aliphatic heterocycles. The fourth-order valence-electron chi connectivity index (χ4n) is 2.05. The number of guanidine groups is 1. The van der Waals surface area contributed by atoms with E-state index in [4.69, 9.17) is 5.11 Å². The van der Waals surface area contributed by atoms with Crippen molar-refractivity contribution >= 4 is 29.9 Å². The lowest BCUT2D eigenvalue weighted by molar-refractivity contribution is 0.431. The minimum absolute atomic E-state index is 0. The van der Waals surface area contributed by atoms with Crippen LogP contribution in [0.15, 0.2) is 23.2 Å². The molecule has 0 fully saturated rings. The molecule has 4 nitrogen and oxygen atoms in total. The number of unbranched alkanes of at least 4 members (excludes halogenated alkanes) is 2. The first-order chi connectivity index (χ1) is 10.1. The summed E-state index contributed by atoms with van der Waals surface area (Å²) in [6.07, 6.45) is 4.75. The molecule has 22 heavy (non-hydrogen) atoms. The van der Waals surface area contributed by atoms with E-state index in [2.05, 4.69) is 29.5 Å². The van der Waals surface area contributed by atoms with Gasteiger partial charge in [0.25, 0.3) is 0 Å². The monoisotopic (exact) mass is 423 g/mol. The van der Waals surface area contributed by atoms with Crippen molar-refractivity contribution in [3.8, 4) is 5.75 Å². The largest absolute Gasteiger partial charge is 0.505 e. The Morgan fingerprint density at radius 1 is 1.36 bits per heavy atom. The van der Waals surface area contributed by atoms with E-state index in [9.17, 15) is 4.39 Å². The summed E-state index contributed by atoms with van der Waals surface area (Å²) >= 11 is 0. The summed E-state index contributed by atoms with van der Waals surface area (Å²) in [6.45, 7) is 4.77. The standard InChI is InChI=1S/C16H26FN3O.HI/c1-4-5-6-7-12(2)20-16(18-3)19-11-13-8-9-15(21)14(17)10-13;/h8-10,12,21H,4-7,11H2,1-3H3,(H2,18,19,20);1H. The average molecular weight is 423 g/mol. The SMILES string of the molecule is CCCCCC(C)NC(=NC)NCc1ccc(O)c(F)c1.I. The van der Waals surface area contributed by atoms with Crippen molar-refractivity contribution in [1.29, 1.82) is 0 Å². The average Bonchev–Trinajstić information content (AvgIpc) is 2.47. The number of aliphatic imine (C=N–C) groups is 1. The number of aromatic hydroxyl groups is 1. The fourth-order valence-corrected chi connectivity index (χ4v) is 2.05. The van der Waals surface area contributed by atoms with Gasteiger partial charge in [0.1, 0.15) is 0 Å². The van der Waals surface area contributed by atoms with E-state index in [0.717, 1.165) is 12.0 Å². The van der Waals surface area contributed by atoms with Crippen LogP contribution in [0.4, 0.5) is 4.39 Å². The Kier molecular flexibility index (Phi) is 11.0. The molecule has 3 N–H and O–H groups in total. The second-order valence-corrected chi connectivity index (χ2v) is 5.25. The van der Waals surface area contributed by atoms with Crippen LogP contribution in [-0.2, 0) is 6.54 Å². The van der Waals surface area contributed by atoms with Gasteiger partial charge < -0.3 is 15.7 Å². The predicted octanol–water partition coefficient (Wildman–Crippen LogP) is 3.78. The van der Waals surface area contributed by atoms with Crippen molar-refractivity contribution in [2.24, 2.45) is 4.99 Å². The lowest BCUT2D eigenvalue weighted by atomic mass is 10.1. The van der Waals surface area contributed by atoms with Crippen LogP contribution in [-0.4, -0.2) is 24.2 Å². The van der Waals surface area contributed by atoms with Crippen LogP contribution in [0.2, 0.25) is 0 Å². The molecule has 0 aromatic heterocycles. The molecule has 0 spiro atoms. The molecule has 1 aromatic carbocycles. The zero-order valence-electron chi connectivity index (χ0n) is 13.5. The molecule has 0 aliphatic rings. The number of nitrogens with one attached hydrogen (secondary N) is 2. The Morgan fingerprint density at radius 2 is 2.09 bits per heavy atom. The van der Waals surface area contributed by atoms with Gasteiger partial charge in [-0.2, -0.15) is 0 Å². The molecule has 1 aromatic rings. The molecule has 0 saturated heterocycles. The number of hydrogen-bond donors (Lipinski definition) is 3. The second kappa shape index (κ2) is 11.5. The van der Waals surface area contributed by atoms with Gasteiger partial charge in [-0.25, -0.2) is 4.39 Å². The molecule has 0 saturated carbocycles. The van der Waals surface area contributed by atoms with Crippen molar-refractivity contribution < 1.29 is 9.50 Å². The minimum atomic E-state index is -0.606. The first kappa shape index (κ1) is 20.9. The van der Waals surface area contributed by atoms with E-state index in [1.54, 1.807) is 13.1 Å². The first-order valence-electron chi connectivity index (χ1n) is 7.51. The third kappa shape index (κ3) is 7.82. The topological polar surface area (TPSA) is 56.7 Å². The number of rotatable bonds is 7. The van der Waals surface area contributed by atoms with Gasteiger partial charge in [0.15, 0.2) is 17.5 Å². The number of phenolic OH excluding ortho intramolecular Hbond substituents is 1. The van der Waals surface area contributed by atoms with E-state index in [-0.39, 0.29) is 29.7 Å². The van der Waals surface area contributed by atoms with E-state index >= 15 is 0 Å². The predicted molar refractivity (Wildman–Crippen MR) is 100 cm³/mol. The highest BCUT2D eigenvalue weighted by Crippen LogP contribution is 2.15. The summed E-state index contributed by atoms with van der Waals surface area (Å²) in [5, 5.41) is 15.6. The zero-order chi connectivity index (χ0) is 15.7. The number of halogens is 2. The van der Waals surface area contributed by atoms with Gasteiger partial charge in [-0.3, -0.25) is 4.99 Å². The second-order valence-electron chi connectivity index (χ2n) is 5.25. The Balaban J connectivity index is 0.00000441. The van der Waals surface area contributed by atoms with E-state index in [1.807, 2.05) is 0 Å². The molecule has 1 unspecified atom stereocenters. The van der Waals surface area contributed by atoms with Gasteiger partial charge in [0.2, 0.25) is 0 Å². The normalized spacial score (nSPS) is 12.5. The Hall–Kier alpha value is -1.05. The molecule has 6 heteroatoms. The highest BCUT2D eigenvalue weighted by molar-refractivity contribution is 14.0. The summed E-state index contributed by atoms with van der Waals surface area (Å²) in [5.41, 5.74) is 0.756. The fraction of sp³-hybridized carbons (Fsp3) is 0.562. The molecule has 1 rings (SSSR count). The molecule has 1 atom stereocenters. The van der Waals surface area contributed by atoms with E-state index in [1.165, 1.54) is 31.4 Å². The van der Waals surface area contributed by atoms with E-state index in [0.29, 0.717) is 18.5 Å². The van der Waals surface area contributed by atoms with Crippen molar-refractivity contribution in [3.63, 3.8) is 0 Å². The maximum Gasteiger partial charge on any atom is 0.191 e. The highest BCUT2D eigenvalue weighted by atomic mass is 127. The zero-order valence-corrected chi connectivity index (χ0v) is 15.9. The summed E-state index contributed by atoms with van der Waals surface area (Å²) in [4.78, 5) is 4.16. The Labute approximate surface area is 149 Å².